The standard InChI is InChI=1S/C10H8ClN3O3/c11-10-3-8(14(16)17)2-1-7(10)5-13-6-9(15)4-12-13/h1-4,6,15H,5H2. The Morgan fingerprint density at radius 1 is 1.53 bits per heavy atom. The highest BCUT2D eigenvalue weighted by Crippen LogP contribution is 2.23. The summed E-state index contributed by atoms with van der Waals surface area (Å²) in [7, 11) is 0. The molecule has 2 aromatic rings. The van der Waals surface area contributed by atoms with Gasteiger partial charge in [0.25, 0.3) is 5.69 Å². The predicted octanol–water partition coefficient (Wildman–Crippen LogP) is 2.20. The summed E-state index contributed by atoms with van der Waals surface area (Å²) in [5.41, 5.74) is 0.641. The van der Waals surface area contributed by atoms with Crippen LogP contribution in [0.5, 0.6) is 5.75 Å². The Morgan fingerprint density at radius 2 is 2.29 bits per heavy atom. The van der Waals surface area contributed by atoms with Crippen LogP contribution in [-0.4, -0.2) is 19.8 Å². The maximum atomic E-state index is 10.5. The van der Waals surface area contributed by atoms with Gasteiger partial charge in [0.15, 0.2) is 5.75 Å². The van der Waals surface area contributed by atoms with Gasteiger partial charge < -0.3 is 5.11 Å². The molecule has 0 saturated carbocycles. The van der Waals surface area contributed by atoms with E-state index in [0.717, 1.165) is 0 Å². The van der Waals surface area contributed by atoms with E-state index in [1.807, 2.05) is 0 Å². The molecule has 1 aromatic carbocycles. The Hall–Kier alpha value is -2.08. The van der Waals surface area contributed by atoms with Gasteiger partial charge in [-0.25, -0.2) is 0 Å². The summed E-state index contributed by atoms with van der Waals surface area (Å²) in [6, 6.07) is 4.24. The lowest BCUT2D eigenvalue weighted by Gasteiger charge is -2.04. The number of aromatic hydroxyl groups is 1. The maximum Gasteiger partial charge on any atom is 0.270 e. The Balaban J connectivity index is 2.25. The second kappa shape index (κ2) is 4.42. The highest BCUT2D eigenvalue weighted by molar-refractivity contribution is 6.31. The summed E-state index contributed by atoms with van der Waals surface area (Å²) in [6.45, 7) is 0.345. The van der Waals surface area contributed by atoms with Crippen LogP contribution in [0.25, 0.3) is 0 Å². The van der Waals surface area contributed by atoms with Crippen LogP contribution in [-0.2, 0) is 6.54 Å². The average Bonchev–Trinajstić information content (AvgIpc) is 2.67. The summed E-state index contributed by atoms with van der Waals surface area (Å²) in [6.07, 6.45) is 2.75. The Kier molecular flexibility index (Phi) is 2.97. The number of nitro benzene ring substituents is 1. The van der Waals surface area contributed by atoms with Crippen molar-refractivity contribution >= 4 is 17.3 Å². The lowest BCUT2D eigenvalue weighted by atomic mass is 10.2. The molecule has 0 amide bonds. The smallest absolute Gasteiger partial charge is 0.270 e. The van der Waals surface area contributed by atoms with Crippen LogP contribution in [0.3, 0.4) is 0 Å². The van der Waals surface area contributed by atoms with Crippen LogP contribution in [0.15, 0.2) is 30.6 Å². The van der Waals surface area contributed by atoms with Gasteiger partial charge >= 0.3 is 0 Å². The van der Waals surface area contributed by atoms with Crippen molar-refractivity contribution in [3.63, 3.8) is 0 Å². The van der Waals surface area contributed by atoms with Crippen molar-refractivity contribution in [1.29, 1.82) is 0 Å². The fourth-order valence-corrected chi connectivity index (χ4v) is 1.63. The summed E-state index contributed by atoms with van der Waals surface area (Å²) in [5.74, 6) is 0.0584. The van der Waals surface area contributed by atoms with Gasteiger partial charge in [0.1, 0.15) is 0 Å². The fraction of sp³-hybridized carbons (Fsp3) is 0.100. The van der Waals surface area contributed by atoms with Gasteiger partial charge in [-0.2, -0.15) is 5.10 Å². The summed E-state index contributed by atoms with van der Waals surface area (Å²) >= 11 is 5.92. The molecule has 2 rings (SSSR count). The molecule has 0 bridgehead atoms. The first-order valence-corrected chi connectivity index (χ1v) is 5.08. The predicted molar refractivity (Wildman–Crippen MR) is 61.1 cm³/mol. The molecule has 1 heterocycles. The van der Waals surface area contributed by atoms with E-state index < -0.39 is 4.92 Å². The fourth-order valence-electron chi connectivity index (χ4n) is 1.39. The average molecular weight is 254 g/mol. The van der Waals surface area contributed by atoms with Gasteiger partial charge in [-0.15, -0.1) is 0 Å². The first kappa shape index (κ1) is 11.4. The van der Waals surface area contributed by atoms with Crippen LogP contribution in [0.4, 0.5) is 5.69 Å². The molecular weight excluding hydrogens is 246 g/mol. The van der Waals surface area contributed by atoms with E-state index in [1.165, 1.54) is 29.2 Å². The SMILES string of the molecule is O=[N+]([O-])c1ccc(Cn2cc(O)cn2)c(Cl)c1. The van der Waals surface area contributed by atoms with Gasteiger partial charge in [0.2, 0.25) is 0 Å². The number of benzene rings is 1. The lowest BCUT2D eigenvalue weighted by molar-refractivity contribution is -0.384. The number of nitro groups is 1. The minimum Gasteiger partial charge on any atom is -0.505 e. The first-order valence-electron chi connectivity index (χ1n) is 4.70. The largest absolute Gasteiger partial charge is 0.505 e. The molecule has 0 fully saturated rings. The van der Waals surface area contributed by atoms with Crippen molar-refractivity contribution in [3.8, 4) is 5.75 Å². The van der Waals surface area contributed by atoms with Gasteiger partial charge in [-0.05, 0) is 11.6 Å². The molecule has 0 radical (unpaired) electrons. The quantitative estimate of drug-likeness (QED) is 0.672. The highest BCUT2D eigenvalue weighted by Gasteiger charge is 2.10. The molecule has 0 unspecified atom stereocenters. The van der Waals surface area contributed by atoms with Crippen LogP contribution in [0, 0.1) is 10.1 Å². The summed E-state index contributed by atoms with van der Waals surface area (Å²) < 4.78 is 1.49. The minimum atomic E-state index is -0.505. The van der Waals surface area contributed by atoms with Crippen molar-refractivity contribution in [2.75, 3.05) is 0 Å². The molecule has 7 heteroatoms. The van der Waals surface area contributed by atoms with Crippen LogP contribution in [0.1, 0.15) is 5.56 Å². The number of rotatable bonds is 3. The minimum absolute atomic E-state index is 0.0536. The molecule has 17 heavy (non-hydrogen) atoms. The van der Waals surface area contributed by atoms with E-state index in [9.17, 15) is 10.1 Å². The van der Waals surface area contributed by atoms with Gasteiger partial charge in [0.05, 0.1) is 28.9 Å². The molecular formula is C10H8ClN3O3. The second-order valence-corrected chi connectivity index (χ2v) is 3.84. The van der Waals surface area contributed by atoms with Crippen molar-refractivity contribution in [2.24, 2.45) is 0 Å². The van der Waals surface area contributed by atoms with Crippen LogP contribution < -0.4 is 0 Å². The molecule has 6 nitrogen and oxygen atoms in total. The third-order valence-electron chi connectivity index (χ3n) is 2.20. The van der Waals surface area contributed by atoms with E-state index >= 15 is 0 Å². The van der Waals surface area contributed by atoms with E-state index in [1.54, 1.807) is 6.07 Å². The van der Waals surface area contributed by atoms with E-state index in [4.69, 9.17) is 16.7 Å². The number of non-ortho nitro benzene ring substituents is 1. The maximum absolute atomic E-state index is 10.5. The number of aromatic nitrogens is 2. The third-order valence-corrected chi connectivity index (χ3v) is 2.55. The van der Waals surface area contributed by atoms with E-state index in [-0.39, 0.29) is 11.4 Å². The number of nitrogens with zero attached hydrogens (tertiary/aromatic N) is 3. The van der Waals surface area contributed by atoms with Gasteiger partial charge in [-0.3, -0.25) is 14.8 Å². The molecule has 0 saturated heterocycles. The van der Waals surface area contributed by atoms with Crippen molar-refractivity contribution in [2.45, 2.75) is 6.54 Å². The van der Waals surface area contributed by atoms with Crippen molar-refractivity contribution in [1.82, 2.24) is 9.78 Å². The third kappa shape index (κ3) is 2.54. The molecule has 0 aliphatic rings. The van der Waals surface area contributed by atoms with Crippen molar-refractivity contribution in [3.05, 3.63) is 51.3 Å². The van der Waals surface area contributed by atoms with Gasteiger partial charge in [0, 0.05) is 12.1 Å². The first-order chi connectivity index (χ1) is 8.06. The Bertz CT molecular complexity index is 568. The molecule has 88 valence electrons. The Morgan fingerprint density at radius 3 is 2.82 bits per heavy atom. The normalized spacial score (nSPS) is 10.4. The molecule has 1 N–H and O–H groups in total. The highest BCUT2D eigenvalue weighted by atomic mass is 35.5. The molecule has 0 aliphatic carbocycles. The van der Waals surface area contributed by atoms with E-state index in [0.29, 0.717) is 17.1 Å². The second-order valence-electron chi connectivity index (χ2n) is 3.43. The number of hydrogen-bond donors (Lipinski definition) is 1. The topological polar surface area (TPSA) is 81.2 Å². The number of halogens is 1. The molecule has 1 aromatic heterocycles. The van der Waals surface area contributed by atoms with Crippen LogP contribution >= 0.6 is 11.6 Å². The molecule has 0 spiro atoms. The van der Waals surface area contributed by atoms with Crippen LogP contribution in [0.2, 0.25) is 5.02 Å². The lowest BCUT2D eigenvalue weighted by Crippen LogP contribution is -2.01. The zero-order chi connectivity index (χ0) is 12.4. The number of hydrogen-bond acceptors (Lipinski definition) is 4. The molecule has 0 aliphatic heterocycles. The molecule has 0 atom stereocenters. The van der Waals surface area contributed by atoms with Gasteiger partial charge in [-0.1, -0.05) is 11.6 Å². The van der Waals surface area contributed by atoms with E-state index in [2.05, 4.69) is 5.10 Å². The summed E-state index contributed by atoms with van der Waals surface area (Å²) in [5, 5.41) is 23.8. The summed E-state index contributed by atoms with van der Waals surface area (Å²) in [4.78, 5) is 10.0. The Labute approximate surface area is 101 Å². The monoisotopic (exact) mass is 253 g/mol. The van der Waals surface area contributed by atoms with Crippen molar-refractivity contribution < 1.29 is 10.0 Å². The zero-order valence-corrected chi connectivity index (χ0v) is 9.33. The zero-order valence-electron chi connectivity index (χ0n) is 8.58.